The molecular formula is C34H46N8O4. The summed E-state index contributed by atoms with van der Waals surface area (Å²) in [6.45, 7) is 17.6. The molecular weight excluding hydrogens is 584 g/mol. The topological polar surface area (TPSA) is 108 Å². The maximum atomic E-state index is 13.1. The third kappa shape index (κ3) is 7.13. The van der Waals surface area contributed by atoms with Crippen LogP contribution in [0.4, 0.5) is 33.5 Å². The van der Waals surface area contributed by atoms with Gasteiger partial charge in [-0.15, -0.1) is 0 Å². The van der Waals surface area contributed by atoms with Crippen molar-refractivity contribution >= 4 is 34.8 Å². The number of aromatic nitrogens is 3. The molecule has 12 heteroatoms. The molecule has 3 aromatic rings. The number of aryl methyl sites for hydroxylation is 1. The minimum atomic E-state index is -0.600. The Labute approximate surface area is 271 Å². The molecule has 1 fully saturated rings. The molecule has 5 heterocycles. The van der Waals surface area contributed by atoms with Crippen LogP contribution in [0.3, 0.4) is 0 Å². The van der Waals surface area contributed by atoms with Crippen molar-refractivity contribution in [2.45, 2.75) is 53.2 Å². The quantitative estimate of drug-likeness (QED) is 0.393. The average molecular weight is 631 g/mol. The molecule has 6 rings (SSSR count). The molecule has 246 valence electrons. The lowest BCUT2D eigenvalue weighted by molar-refractivity contribution is 0.0393. The summed E-state index contributed by atoms with van der Waals surface area (Å²) < 4.78 is 17.0. The molecule has 3 aliphatic rings. The van der Waals surface area contributed by atoms with Gasteiger partial charge in [0.05, 0.1) is 43.9 Å². The number of anilines is 5. The SMILES string of the molecule is Cc1cc(Nc2ncc3c(n2)CN(c2cnc4c(c2C)N(C(=O)OC(C)(C)C)CCO4)CC3)ccc1N(C)CCN1CCOCC1. The highest BCUT2D eigenvalue weighted by atomic mass is 16.6. The fourth-order valence-corrected chi connectivity index (χ4v) is 6.24. The zero-order valence-electron chi connectivity index (χ0n) is 27.9. The molecule has 0 unspecified atom stereocenters. The van der Waals surface area contributed by atoms with Crippen molar-refractivity contribution in [2.75, 3.05) is 86.2 Å². The van der Waals surface area contributed by atoms with Crippen LogP contribution in [0.25, 0.3) is 0 Å². The van der Waals surface area contributed by atoms with Crippen LogP contribution < -0.4 is 24.8 Å². The Morgan fingerprint density at radius 2 is 1.87 bits per heavy atom. The van der Waals surface area contributed by atoms with Gasteiger partial charge < -0.3 is 29.3 Å². The smallest absolute Gasteiger partial charge is 0.415 e. The largest absolute Gasteiger partial charge is 0.474 e. The van der Waals surface area contributed by atoms with Crippen molar-refractivity contribution in [1.82, 2.24) is 19.9 Å². The second-order valence-electron chi connectivity index (χ2n) is 13.2. The highest BCUT2D eigenvalue weighted by molar-refractivity contribution is 5.92. The highest BCUT2D eigenvalue weighted by Crippen LogP contribution is 2.40. The van der Waals surface area contributed by atoms with Crippen LogP contribution in [0.2, 0.25) is 0 Å². The van der Waals surface area contributed by atoms with Gasteiger partial charge in [-0.2, -0.15) is 0 Å². The number of carbonyl (C=O) groups is 1. The minimum absolute atomic E-state index is 0.371. The van der Waals surface area contributed by atoms with Crippen LogP contribution in [-0.4, -0.2) is 97.7 Å². The summed E-state index contributed by atoms with van der Waals surface area (Å²) >= 11 is 0. The van der Waals surface area contributed by atoms with Crippen molar-refractivity contribution in [1.29, 1.82) is 0 Å². The molecule has 46 heavy (non-hydrogen) atoms. The monoisotopic (exact) mass is 630 g/mol. The van der Waals surface area contributed by atoms with E-state index in [1.165, 1.54) is 11.3 Å². The van der Waals surface area contributed by atoms with Gasteiger partial charge in [-0.05, 0) is 70.4 Å². The zero-order chi connectivity index (χ0) is 32.4. The van der Waals surface area contributed by atoms with Crippen LogP contribution >= 0.6 is 0 Å². The summed E-state index contributed by atoms with van der Waals surface area (Å²) in [6.07, 6.45) is 4.18. The van der Waals surface area contributed by atoms with E-state index in [1.807, 2.05) is 40.1 Å². The summed E-state index contributed by atoms with van der Waals surface area (Å²) in [4.78, 5) is 36.0. The van der Waals surface area contributed by atoms with Crippen LogP contribution in [0.5, 0.6) is 5.88 Å². The summed E-state index contributed by atoms with van der Waals surface area (Å²) in [7, 11) is 2.15. The zero-order valence-corrected chi connectivity index (χ0v) is 27.9. The van der Waals surface area contributed by atoms with Crippen LogP contribution in [0.15, 0.2) is 30.6 Å². The van der Waals surface area contributed by atoms with E-state index in [0.717, 1.165) is 80.6 Å². The molecule has 1 aromatic carbocycles. The molecule has 2 aromatic heterocycles. The molecule has 3 aliphatic heterocycles. The molecule has 12 nitrogen and oxygen atoms in total. The number of ether oxygens (including phenoxy) is 3. The van der Waals surface area contributed by atoms with E-state index in [-0.39, 0.29) is 0 Å². The van der Waals surface area contributed by atoms with E-state index in [0.29, 0.717) is 37.2 Å². The normalized spacial score (nSPS) is 16.7. The van der Waals surface area contributed by atoms with E-state index < -0.39 is 11.7 Å². The molecule has 0 saturated carbocycles. The molecule has 0 spiro atoms. The third-order valence-electron chi connectivity index (χ3n) is 8.69. The molecule has 1 N–H and O–H groups in total. The van der Waals surface area contributed by atoms with E-state index in [4.69, 9.17) is 19.2 Å². The number of pyridine rings is 1. The predicted molar refractivity (Wildman–Crippen MR) is 180 cm³/mol. The van der Waals surface area contributed by atoms with Crippen molar-refractivity contribution in [2.24, 2.45) is 0 Å². The minimum Gasteiger partial charge on any atom is -0.474 e. The third-order valence-corrected chi connectivity index (χ3v) is 8.69. The number of rotatable bonds is 7. The van der Waals surface area contributed by atoms with Gasteiger partial charge in [-0.3, -0.25) is 9.80 Å². The summed E-state index contributed by atoms with van der Waals surface area (Å²) in [5.41, 5.74) is 7.40. The van der Waals surface area contributed by atoms with Crippen molar-refractivity contribution in [3.8, 4) is 5.88 Å². The maximum absolute atomic E-state index is 13.1. The number of nitrogens with one attached hydrogen (secondary N) is 1. The lowest BCUT2D eigenvalue weighted by Gasteiger charge is -2.35. The first kappa shape index (κ1) is 31.8. The van der Waals surface area contributed by atoms with Gasteiger partial charge in [0.15, 0.2) is 0 Å². The Morgan fingerprint density at radius 1 is 1.07 bits per heavy atom. The highest BCUT2D eigenvalue weighted by Gasteiger charge is 2.33. The van der Waals surface area contributed by atoms with Crippen molar-refractivity contribution < 1.29 is 19.0 Å². The molecule has 0 radical (unpaired) electrons. The maximum Gasteiger partial charge on any atom is 0.415 e. The van der Waals surface area contributed by atoms with Gasteiger partial charge in [0.25, 0.3) is 0 Å². The Hall–Kier alpha value is -4.16. The van der Waals surface area contributed by atoms with E-state index >= 15 is 0 Å². The van der Waals surface area contributed by atoms with Crippen LogP contribution in [-0.2, 0) is 22.4 Å². The standard InChI is InChI=1S/C34H46N8O4/c1-23-19-26(7-8-28(23)39(6)11-12-40-13-16-44-17-14-40)37-32-36-20-25-9-10-41(22-27(25)38-32)29-21-35-31-30(24(29)2)42(15-18-45-31)33(43)46-34(3,4)5/h7-8,19-21H,9-18,22H2,1-6H3,(H,36,37,38). The lowest BCUT2D eigenvalue weighted by Crippen LogP contribution is -2.42. The molecule has 0 aliphatic carbocycles. The second-order valence-corrected chi connectivity index (χ2v) is 13.2. The number of likely N-dealkylation sites (N-methyl/N-ethyl adjacent to an activating group) is 1. The second kappa shape index (κ2) is 13.3. The number of fused-ring (bicyclic) bond motifs is 2. The summed E-state index contributed by atoms with van der Waals surface area (Å²) in [6, 6.07) is 6.40. The number of benzene rings is 1. The van der Waals surface area contributed by atoms with Gasteiger partial charge in [-0.25, -0.2) is 19.7 Å². The van der Waals surface area contributed by atoms with Crippen molar-refractivity contribution in [3.63, 3.8) is 0 Å². The van der Waals surface area contributed by atoms with Gasteiger partial charge >= 0.3 is 6.09 Å². The number of amides is 1. The Kier molecular flexibility index (Phi) is 9.19. The first-order valence-corrected chi connectivity index (χ1v) is 16.2. The Balaban J connectivity index is 1.14. The van der Waals surface area contributed by atoms with Crippen LogP contribution in [0, 0.1) is 13.8 Å². The summed E-state index contributed by atoms with van der Waals surface area (Å²) in [5, 5.41) is 3.42. The molecule has 0 bridgehead atoms. The van der Waals surface area contributed by atoms with Gasteiger partial charge in [0.2, 0.25) is 11.8 Å². The molecule has 1 saturated heterocycles. The number of carbonyl (C=O) groups excluding carboxylic acids is 1. The fourth-order valence-electron chi connectivity index (χ4n) is 6.24. The van der Waals surface area contributed by atoms with Gasteiger partial charge in [-0.1, -0.05) is 0 Å². The van der Waals surface area contributed by atoms with Crippen molar-refractivity contribution in [3.05, 3.63) is 53.0 Å². The van der Waals surface area contributed by atoms with Crippen LogP contribution in [0.1, 0.15) is 43.2 Å². The Morgan fingerprint density at radius 3 is 2.63 bits per heavy atom. The van der Waals surface area contributed by atoms with E-state index in [2.05, 4.69) is 62.2 Å². The number of hydrogen-bond acceptors (Lipinski definition) is 11. The first-order valence-electron chi connectivity index (χ1n) is 16.2. The van der Waals surface area contributed by atoms with Gasteiger partial charge in [0.1, 0.15) is 17.9 Å². The fraction of sp³-hybridized carbons (Fsp3) is 0.529. The average Bonchev–Trinajstić information content (AvgIpc) is 3.03. The summed E-state index contributed by atoms with van der Waals surface area (Å²) in [5.74, 6) is 1.02. The Bertz CT molecular complexity index is 1570. The van der Waals surface area contributed by atoms with E-state index in [1.54, 1.807) is 4.90 Å². The van der Waals surface area contributed by atoms with E-state index in [9.17, 15) is 4.79 Å². The number of hydrogen-bond donors (Lipinski definition) is 1. The molecule has 0 atom stereocenters. The molecule has 1 amide bonds. The number of nitrogens with zero attached hydrogens (tertiary/aromatic N) is 7. The number of morpholine rings is 1. The lowest BCUT2D eigenvalue weighted by atomic mass is 10.0. The first-order chi connectivity index (χ1) is 22.1. The van der Waals surface area contributed by atoms with Gasteiger partial charge in [0, 0.05) is 62.9 Å². The predicted octanol–water partition coefficient (Wildman–Crippen LogP) is 4.70.